The maximum absolute atomic E-state index is 12.8. The summed E-state index contributed by atoms with van der Waals surface area (Å²) >= 11 is 0. The third-order valence-electron chi connectivity index (χ3n) is 4.63. The van der Waals surface area contributed by atoms with Gasteiger partial charge in [0.2, 0.25) is 5.91 Å². The molecule has 1 fully saturated rings. The summed E-state index contributed by atoms with van der Waals surface area (Å²) in [7, 11) is 0. The first kappa shape index (κ1) is 16.5. The Balaban J connectivity index is 2.86. The number of amides is 1. The van der Waals surface area contributed by atoms with Crippen LogP contribution in [0.4, 0.5) is 0 Å². The van der Waals surface area contributed by atoms with Crippen molar-refractivity contribution in [2.24, 2.45) is 5.92 Å². The number of likely N-dealkylation sites (N-methyl/N-ethyl adjacent to an activating group) is 2. The molecule has 0 aromatic carbocycles. The average Bonchev–Trinajstić information content (AvgIpc) is 2.46. The van der Waals surface area contributed by atoms with Gasteiger partial charge in [0.05, 0.1) is 6.04 Å². The molecule has 0 heterocycles. The van der Waals surface area contributed by atoms with Crippen LogP contribution in [-0.4, -0.2) is 47.9 Å². The predicted molar refractivity (Wildman–Crippen MR) is 81.2 cm³/mol. The highest BCUT2D eigenvalue weighted by atomic mass is 16.2. The van der Waals surface area contributed by atoms with E-state index in [-0.39, 0.29) is 6.04 Å². The number of hydrogen-bond donors (Lipinski definition) is 0. The highest BCUT2D eigenvalue weighted by Gasteiger charge is 2.34. The van der Waals surface area contributed by atoms with E-state index in [9.17, 15) is 4.79 Å². The van der Waals surface area contributed by atoms with Gasteiger partial charge in [0, 0.05) is 13.1 Å². The minimum atomic E-state index is 0.121. The Hall–Kier alpha value is -0.570. The molecule has 0 N–H and O–H groups in total. The van der Waals surface area contributed by atoms with Gasteiger partial charge in [0.1, 0.15) is 0 Å². The molecule has 1 amide bonds. The summed E-state index contributed by atoms with van der Waals surface area (Å²) in [5, 5.41) is 0. The molecule has 0 aliphatic heterocycles. The third kappa shape index (κ3) is 4.20. The van der Waals surface area contributed by atoms with Crippen LogP contribution in [0.15, 0.2) is 0 Å². The lowest BCUT2D eigenvalue weighted by Gasteiger charge is -2.39. The quantitative estimate of drug-likeness (QED) is 0.708. The highest BCUT2D eigenvalue weighted by molar-refractivity contribution is 5.82. The molecule has 0 saturated heterocycles. The Morgan fingerprint density at radius 1 is 0.947 bits per heavy atom. The van der Waals surface area contributed by atoms with Gasteiger partial charge in [-0.25, -0.2) is 0 Å². The zero-order valence-corrected chi connectivity index (χ0v) is 13.3. The van der Waals surface area contributed by atoms with Crippen LogP contribution in [0.1, 0.15) is 59.8 Å². The van der Waals surface area contributed by atoms with Crippen LogP contribution in [0.5, 0.6) is 0 Å². The highest BCUT2D eigenvalue weighted by Crippen LogP contribution is 2.30. The molecule has 1 unspecified atom stereocenters. The van der Waals surface area contributed by atoms with Gasteiger partial charge in [-0.2, -0.15) is 0 Å². The smallest absolute Gasteiger partial charge is 0.240 e. The average molecular weight is 268 g/mol. The number of hydrogen-bond acceptors (Lipinski definition) is 2. The van der Waals surface area contributed by atoms with E-state index in [1.54, 1.807) is 0 Å². The fraction of sp³-hybridized carbons (Fsp3) is 0.938. The molecule has 3 heteroatoms. The van der Waals surface area contributed by atoms with Gasteiger partial charge in [-0.05, 0) is 45.7 Å². The fourth-order valence-electron chi connectivity index (χ4n) is 3.45. The van der Waals surface area contributed by atoms with Crippen molar-refractivity contribution < 1.29 is 4.79 Å². The molecule has 1 saturated carbocycles. The van der Waals surface area contributed by atoms with E-state index in [4.69, 9.17) is 0 Å². The predicted octanol–water partition coefficient (Wildman–Crippen LogP) is 3.15. The van der Waals surface area contributed by atoms with Crippen LogP contribution in [0.3, 0.4) is 0 Å². The molecular formula is C16H32N2O. The first-order valence-electron chi connectivity index (χ1n) is 8.22. The first-order valence-corrected chi connectivity index (χ1v) is 8.22. The minimum Gasteiger partial charge on any atom is -0.342 e. The molecule has 3 nitrogen and oxygen atoms in total. The molecule has 1 aliphatic carbocycles. The molecule has 0 radical (unpaired) electrons. The van der Waals surface area contributed by atoms with Gasteiger partial charge >= 0.3 is 0 Å². The largest absolute Gasteiger partial charge is 0.342 e. The van der Waals surface area contributed by atoms with Crippen molar-refractivity contribution in [3.63, 3.8) is 0 Å². The molecule has 0 spiro atoms. The second-order valence-electron chi connectivity index (χ2n) is 5.57. The van der Waals surface area contributed by atoms with Crippen LogP contribution in [0, 0.1) is 5.92 Å². The molecule has 1 rings (SSSR count). The SMILES string of the molecule is CCN(CC)C(=O)C(C1CCCCC1)N(CC)CC. The Morgan fingerprint density at radius 2 is 1.47 bits per heavy atom. The van der Waals surface area contributed by atoms with E-state index in [1.807, 2.05) is 4.90 Å². The van der Waals surface area contributed by atoms with Crippen molar-refractivity contribution in [3.05, 3.63) is 0 Å². The fourth-order valence-corrected chi connectivity index (χ4v) is 3.45. The summed E-state index contributed by atoms with van der Waals surface area (Å²) in [6.07, 6.45) is 6.41. The summed E-state index contributed by atoms with van der Waals surface area (Å²) in [6.45, 7) is 12.1. The summed E-state index contributed by atoms with van der Waals surface area (Å²) in [6, 6.07) is 0.121. The van der Waals surface area contributed by atoms with Crippen LogP contribution < -0.4 is 0 Å². The van der Waals surface area contributed by atoms with Crippen molar-refractivity contribution in [1.29, 1.82) is 0 Å². The van der Waals surface area contributed by atoms with Gasteiger partial charge in [0.15, 0.2) is 0 Å². The second kappa shape index (κ2) is 8.57. The molecule has 0 bridgehead atoms. The molecule has 1 atom stereocenters. The van der Waals surface area contributed by atoms with E-state index in [0.717, 1.165) is 26.2 Å². The maximum atomic E-state index is 12.8. The Kier molecular flexibility index (Phi) is 7.44. The second-order valence-corrected chi connectivity index (χ2v) is 5.57. The van der Waals surface area contributed by atoms with Gasteiger partial charge in [-0.3, -0.25) is 9.69 Å². The Bertz CT molecular complexity index is 253. The van der Waals surface area contributed by atoms with Gasteiger partial charge < -0.3 is 4.90 Å². The summed E-state index contributed by atoms with van der Waals surface area (Å²) in [5.41, 5.74) is 0. The van der Waals surface area contributed by atoms with E-state index in [0.29, 0.717) is 11.8 Å². The lowest BCUT2D eigenvalue weighted by molar-refractivity contribution is -0.139. The minimum absolute atomic E-state index is 0.121. The monoisotopic (exact) mass is 268 g/mol. The van der Waals surface area contributed by atoms with Gasteiger partial charge in [-0.15, -0.1) is 0 Å². The van der Waals surface area contributed by atoms with Crippen LogP contribution in [0.2, 0.25) is 0 Å². The zero-order chi connectivity index (χ0) is 14.3. The van der Waals surface area contributed by atoms with Crippen LogP contribution >= 0.6 is 0 Å². The van der Waals surface area contributed by atoms with Crippen molar-refractivity contribution in [2.75, 3.05) is 26.2 Å². The summed E-state index contributed by atoms with van der Waals surface area (Å²) < 4.78 is 0. The topological polar surface area (TPSA) is 23.6 Å². The van der Waals surface area contributed by atoms with Crippen molar-refractivity contribution >= 4 is 5.91 Å². The Labute approximate surface area is 119 Å². The van der Waals surface area contributed by atoms with Gasteiger partial charge in [-0.1, -0.05) is 33.1 Å². The lowest BCUT2D eigenvalue weighted by atomic mass is 9.82. The van der Waals surface area contributed by atoms with Crippen molar-refractivity contribution in [1.82, 2.24) is 9.80 Å². The standard InChI is InChI=1S/C16H32N2O/c1-5-17(6-2)15(14-12-10-9-11-13-14)16(19)18(7-3)8-4/h14-15H,5-13H2,1-4H3. The van der Waals surface area contributed by atoms with Crippen molar-refractivity contribution in [2.45, 2.75) is 65.8 Å². The number of carbonyl (C=O) groups is 1. The summed E-state index contributed by atoms with van der Waals surface area (Å²) in [5.74, 6) is 0.933. The molecule has 0 aromatic rings. The Morgan fingerprint density at radius 3 is 1.89 bits per heavy atom. The zero-order valence-electron chi connectivity index (χ0n) is 13.3. The van der Waals surface area contributed by atoms with E-state index < -0.39 is 0 Å². The van der Waals surface area contributed by atoms with E-state index in [1.165, 1.54) is 32.1 Å². The van der Waals surface area contributed by atoms with Crippen LogP contribution in [-0.2, 0) is 4.79 Å². The number of nitrogens with zero attached hydrogens (tertiary/aromatic N) is 2. The number of carbonyl (C=O) groups excluding carboxylic acids is 1. The van der Waals surface area contributed by atoms with Crippen molar-refractivity contribution in [3.8, 4) is 0 Å². The molecule has 112 valence electrons. The first-order chi connectivity index (χ1) is 9.19. The lowest BCUT2D eigenvalue weighted by Crippen LogP contribution is -2.52. The maximum Gasteiger partial charge on any atom is 0.240 e. The van der Waals surface area contributed by atoms with Crippen LogP contribution in [0.25, 0.3) is 0 Å². The van der Waals surface area contributed by atoms with Gasteiger partial charge in [0.25, 0.3) is 0 Å². The molecule has 0 aromatic heterocycles. The number of rotatable bonds is 7. The summed E-state index contributed by atoms with van der Waals surface area (Å²) in [4.78, 5) is 17.2. The molecule has 19 heavy (non-hydrogen) atoms. The normalized spacial score (nSPS) is 18.6. The van der Waals surface area contributed by atoms with E-state index >= 15 is 0 Å². The van der Waals surface area contributed by atoms with E-state index in [2.05, 4.69) is 32.6 Å². The third-order valence-corrected chi connectivity index (χ3v) is 4.63. The molecular weight excluding hydrogens is 236 g/mol. The molecule has 1 aliphatic rings.